The molecule has 0 saturated carbocycles. The van der Waals surface area contributed by atoms with Gasteiger partial charge in [-0.2, -0.15) is 8.78 Å². The van der Waals surface area contributed by atoms with Gasteiger partial charge in [0.25, 0.3) is 0 Å². The van der Waals surface area contributed by atoms with Gasteiger partial charge in [0.15, 0.2) is 0 Å². The fraction of sp³-hybridized carbons (Fsp3) is 0.312. The van der Waals surface area contributed by atoms with Crippen molar-refractivity contribution < 1.29 is 22.7 Å². The SMILES string of the molecule is O=C(Nc1ccc(OC(F)F)c(Cl)c1)NC1CCCc2occc21. The zero-order valence-corrected chi connectivity index (χ0v) is 13.3. The highest BCUT2D eigenvalue weighted by molar-refractivity contribution is 6.32. The van der Waals surface area contributed by atoms with Gasteiger partial charge >= 0.3 is 12.6 Å². The lowest BCUT2D eigenvalue weighted by Crippen LogP contribution is -2.34. The summed E-state index contributed by atoms with van der Waals surface area (Å²) in [6.45, 7) is -2.96. The number of urea groups is 1. The monoisotopic (exact) mass is 356 g/mol. The number of fused-ring (bicyclic) bond motifs is 1. The van der Waals surface area contributed by atoms with Gasteiger partial charge in [-0.25, -0.2) is 4.79 Å². The molecule has 0 fully saturated rings. The number of amides is 2. The Morgan fingerprint density at radius 1 is 1.38 bits per heavy atom. The topological polar surface area (TPSA) is 63.5 Å². The summed E-state index contributed by atoms with van der Waals surface area (Å²) >= 11 is 5.86. The van der Waals surface area contributed by atoms with E-state index in [-0.39, 0.29) is 16.8 Å². The maximum Gasteiger partial charge on any atom is 0.387 e. The molecular weight excluding hydrogens is 342 g/mol. The minimum Gasteiger partial charge on any atom is -0.469 e. The molecule has 1 aromatic heterocycles. The summed E-state index contributed by atoms with van der Waals surface area (Å²) in [6.07, 6.45) is 4.23. The number of rotatable bonds is 4. The van der Waals surface area contributed by atoms with E-state index in [1.807, 2.05) is 6.07 Å². The second kappa shape index (κ2) is 7.09. The average molecular weight is 357 g/mol. The number of ether oxygens (including phenoxy) is 1. The summed E-state index contributed by atoms with van der Waals surface area (Å²) in [5.41, 5.74) is 1.36. The first-order chi connectivity index (χ1) is 11.5. The number of alkyl halides is 2. The molecule has 1 aliphatic rings. The highest BCUT2D eigenvalue weighted by atomic mass is 35.5. The van der Waals surface area contributed by atoms with Crippen molar-refractivity contribution in [1.82, 2.24) is 5.32 Å². The zero-order chi connectivity index (χ0) is 17.1. The second-order valence-electron chi connectivity index (χ2n) is 5.37. The second-order valence-corrected chi connectivity index (χ2v) is 5.77. The standard InChI is InChI=1S/C16H15ClF2N2O3/c17-11-8-9(4-5-14(11)24-15(18)19)20-16(22)21-12-2-1-3-13-10(12)6-7-23-13/h4-8,12,15H,1-3H2,(H2,20,21,22). The van der Waals surface area contributed by atoms with Gasteiger partial charge in [-0.15, -0.1) is 0 Å². The van der Waals surface area contributed by atoms with Crippen LogP contribution < -0.4 is 15.4 Å². The fourth-order valence-electron chi connectivity index (χ4n) is 2.73. The Balaban J connectivity index is 1.63. The first-order valence-electron chi connectivity index (χ1n) is 7.41. The number of aryl methyl sites for hydroxylation is 1. The predicted molar refractivity (Wildman–Crippen MR) is 84.6 cm³/mol. The number of hydrogen-bond donors (Lipinski definition) is 2. The van der Waals surface area contributed by atoms with E-state index in [4.69, 9.17) is 16.0 Å². The Morgan fingerprint density at radius 2 is 2.21 bits per heavy atom. The number of carbonyl (C=O) groups excluding carboxylic acids is 1. The predicted octanol–water partition coefficient (Wildman–Crippen LogP) is 4.73. The molecule has 8 heteroatoms. The highest BCUT2D eigenvalue weighted by Gasteiger charge is 2.24. The van der Waals surface area contributed by atoms with Gasteiger partial charge in [-0.05, 0) is 37.1 Å². The normalized spacial score (nSPS) is 16.6. The summed E-state index contributed by atoms with van der Waals surface area (Å²) in [6, 6.07) is 5.39. The molecule has 1 heterocycles. The van der Waals surface area contributed by atoms with Crippen LogP contribution >= 0.6 is 11.6 Å². The van der Waals surface area contributed by atoms with E-state index in [2.05, 4.69) is 15.4 Å². The smallest absolute Gasteiger partial charge is 0.387 e. The number of furan rings is 1. The first-order valence-corrected chi connectivity index (χ1v) is 7.79. The summed E-state index contributed by atoms with van der Waals surface area (Å²) in [5, 5.41) is 5.49. The summed E-state index contributed by atoms with van der Waals surface area (Å²) in [5.74, 6) is 0.746. The number of benzene rings is 1. The van der Waals surface area contributed by atoms with E-state index < -0.39 is 12.6 Å². The Kier molecular flexibility index (Phi) is 4.89. The lowest BCUT2D eigenvalue weighted by molar-refractivity contribution is -0.0497. The molecular formula is C16H15ClF2N2O3. The largest absolute Gasteiger partial charge is 0.469 e. The van der Waals surface area contributed by atoms with Crippen LogP contribution in [-0.4, -0.2) is 12.6 Å². The Hall–Kier alpha value is -2.28. The molecule has 0 radical (unpaired) electrons. The van der Waals surface area contributed by atoms with Gasteiger partial charge < -0.3 is 19.8 Å². The van der Waals surface area contributed by atoms with Gasteiger partial charge in [0, 0.05) is 17.7 Å². The first kappa shape index (κ1) is 16.6. The van der Waals surface area contributed by atoms with Crippen molar-refractivity contribution in [3.63, 3.8) is 0 Å². The van der Waals surface area contributed by atoms with E-state index in [0.29, 0.717) is 5.69 Å². The van der Waals surface area contributed by atoms with Crippen LogP contribution in [0.2, 0.25) is 5.02 Å². The van der Waals surface area contributed by atoms with Crippen molar-refractivity contribution >= 4 is 23.3 Å². The van der Waals surface area contributed by atoms with Crippen LogP contribution in [0.3, 0.4) is 0 Å². The van der Waals surface area contributed by atoms with E-state index in [1.54, 1.807) is 6.26 Å². The Labute approximate surface area is 141 Å². The molecule has 1 unspecified atom stereocenters. The minimum absolute atomic E-state index is 0.0112. The van der Waals surface area contributed by atoms with Gasteiger partial charge in [0.05, 0.1) is 17.3 Å². The molecule has 2 aromatic rings. The summed E-state index contributed by atoms with van der Waals surface area (Å²) in [4.78, 5) is 12.1. The van der Waals surface area contributed by atoms with Crippen LogP contribution in [0.15, 0.2) is 34.9 Å². The van der Waals surface area contributed by atoms with Crippen molar-refractivity contribution in [2.45, 2.75) is 31.9 Å². The molecule has 1 atom stereocenters. The van der Waals surface area contributed by atoms with Crippen molar-refractivity contribution in [3.05, 3.63) is 46.9 Å². The maximum absolute atomic E-state index is 12.2. The molecule has 128 valence electrons. The number of halogens is 3. The van der Waals surface area contributed by atoms with Crippen LogP contribution in [0.1, 0.15) is 30.2 Å². The van der Waals surface area contributed by atoms with E-state index >= 15 is 0 Å². The van der Waals surface area contributed by atoms with Crippen LogP contribution in [0.25, 0.3) is 0 Å². The van der Waals surface area contributed by atoms with Gasteiger partial charge in [-0.3, -0.25) is 0 Å². The van der Waals surface area contributed by atoms with E-state index in [9.17, 15) is 13.6 Å². The maximum atomic E-state index is 12.2. The molecule has 0 aliphatic heterocycles. The molecule has 0 spiro atoms. The lowest BCUT2D eigenvalue weighted by atomic mass is 9.93. The van der Waals surface area contributed by atoms with Crippen molar-refractivity contribution in [2.75, 3.05) is 5.32 Å². The van der Waals surface area contributed by atoms with Gasteiger partial charge in [-0.1, -0.05) is 11.6 Å². The van der Waals surface area contributed by atoms with Crippen molar-refractivity contribution in [1.29, 1.82) is 0 Å². The van der Waals surface area contributed by atoms with Crippen LogP contribution in [0.5, 0.6) is 5.75 Å². The number of hydrogen-bond acceptors (Lipinski definition) is 3. The van der Waals surface area contributed by atoms with Gasteiger partial charge in [0.2, 0.25) is 0 Å². The molecule has 0 saturated heterocycles. The van der Waals surface area contributed by atoms with Crippen LogP contribution in [0, 0.1) is 0 Å². The lowest BCUT2D eigenvalue weighted by Gasteiger charge is -2.23. The molecule has 2 amide bonds. The van der Waals surface area contributed by atoms with E-state index in [1.165, 1.54) is 18.2 Å². The Morgan fingerprint density at radius 3 is 2.96 bits per heavy atom. The fourth-order valence-corrected chi connectivity index (χ4v) is 2.96. The zero-order valence-electron chi connectivity index (χ0n) is 12.5. The van der Waals surface area contributed by atoms with Crippen LogP contribution in [0.4, 0.5) is 19.3 Å². The molecule has 2 N–H and O–H groups in total. The molecule has 0 bridgehead atoms. The third kappa shape index (κ3) is 3.79. The number of nitrogens with one attached hydrogen (secondary N) is 2. The molecule has 5 nitrogen and oxygen atoms in total. The number of carbonyl (C=O) groups is 1. The highest BCUT2D eigenvalue weighted by Crippen LogP contribution is 2.31. The summed E-state index contributed by atoms with van der Waals surface area (Å²) < 4.78 is 34.0. The molecule has 1 aliphatic carbocycles. The van der Waals surface area contributed by atoms with Gasteiger partial charge in [0.1, 0.15) is 11.5 Å². The third-order valence-electron chi connectivity index (χ3n) is 3.76. The van der Waals surface area contributed by atoms with Crippen LogP contribution in [-0.2, 0) is 6.42 Å². The molecule has 24 heavy (non-hydrogen) atoms. The average Bonchev–Trinajstić information content (AvgIpc) is 2.99. The Bertz CT molecular complexity index is 736. The summed E-state index contributed by atoms with van der Waals surface area (Å²) in [7, 11) is 0. The number of anilines is 1. The van der Waals surface area contributed by atoms with Crippen molar-refractivity contribution in [2.24, 2.45) is 0 Å². The van der Waals surface area contributed by atoms with E-state index in [0.717, 1.165) is 30.6 Å². The molecule has 3 rings (SSSR count). The molecule has 1 aromatic carbocycles. The quantitative estimate of drug-likeness (QED) is 0.832. The minimum atomic E-state index is -2.96. The third-order valence-corrected chi connectivity index (χ3v) is 4.06. The van der Waals surface area contributed by atoms with Crippen molar-refractivity contribution in [3.8, 4) is 5.75 Å².